The molecule has 0 radical (unpaired) electrons. The van der Waals surface area contributed by atoms with E-state index in [2.05, 4.69) is 0 Å². The standard InChI is InChI=1S/C12H16N2O5S/c1-12(2)18-10(7-17-20-13)11(19-12)8-5-3-4-6-9(8)14(15)16/h3-6,10-11H,7,13H2,1-2H3. The summed E-state index contributed by atoms with van der Waals surface area (Å²) in [6.07, 6.45) is -1.03. The minimum atomic E-state index is -0.832. The third-order valence-electron chi connectivity index (χ3n) is 2.92. The van der Waals surface area contributed by atoms with Crippen LogP contribution in [0.3, 0.4) is 0 Å². The molecule has 0 saturated carbocycles. The third kappa shape index (κ3) is 3.28. The summed E-state index contributed by atoms with van der Waals surface area (Å²) >= 11 is 0.727. The summed E-state index contributed by atoms with van der Waals surface area (Å²) in [5.41, 5.74) is 0.475. The maximum absolute atomic E-state index is 11.1. The van der Waals surface area contributed by atoms with Crippen LogP contribution in [0.4, 0.5) is 5.69 Å². The van der Waals surface area contributed by atoms with Gasteiger partial charge in [0.2, 0.25) is 0 Å². The van der Waals surface area contributed by atoms with Crippen molar-refractivity contribution in [1.29, 1.82) is 0 Å². The molecular weight excluding hydrogens is 284 g/mol. The van der Waals surface area contributed by atoms with Crippen LogP contribution in [0.1, 0.15) is 25.5 Å². The largest absolute Gasteiger partial charge is 0.342 e. The first kappa shape index (κ1) is 15.2. The van der Waals surface area contributed by atoms with Gasteiger partial charge in [0.25, 0.3) is 5.69 Å². The Hall–Kier alpha value is -1.19. The van der Waals surface area contributed by atoms with Crippen LogP contribution in [0.15, 0.2) is 24.3 Å². The number of ether oxygens (including phenoxy) is 2. The van der Waals surface area contributed by atoms with Crippen LogP contribution in [0.2, 0.25) is 0 Å². The first-order chi connectivity index (χ1) is 9.44. The van der Waals surface area contributed by atoms with E-state index in [1.807, 2.05) is 0 Å². The van der Waals surface area contributed by atoms with Crippen LogP contribution in [0.5, 0.6) is 0 Å². The third-order valence-corrected chi connectivity index (χ3v) is 3.20. The smallest absolute Gasteiger partial charge is 0.275 e. The zero-order valence-corrected chi connectivity index (χ0v) is 12.0. The molecule has 1 aromatic carbocycles. The van der Waals surface area contributed by atoms with E-state index in [1.165, 1.54) is 6.07 Å². The highest BCUT2D eigenvalue weighted by Crippen LogP contribution is 2.41. The van der Waals surface area contributed by atoms with E-state index < -0.39 is 22.9 Å². The Bertz CT molecular complexity index is 496. The molecule has 0 aromatic heterocycles. The van der Waals surface area contributed by atoms with Crippen molar-refractivity contribution in [1.82, 2.24) is 0 Å². The Morgan fingerprint density at radius 1 is 1.45 bits per heavy atom. The van der Waals surface area contributed by atoms with Crippen LogP contribution >= 0.6 is 12.2 Å². The molecule has 0 bridgehead atoms. The fraction of sp³-hybridized carbons (Fsp3) is 0.500. The Morgan fingerprint density at radius 3 is 2.80 bits per heavy atom. The van der Waals surface area contributed by atoms with E-state index in [-0.39, 0.29) is 12.3 Å². The molecule has 1 fully saturated rings. The predicted octanol–water partition coefficient (Wildman–Crippen LogP) is 2.33. The normalized spacial score (nSPS) is 24.8. The van der Waals surface area contributed by atoms with Crippen molar-refractivity contribution in [2.45, 2.75) is 31.8 Å². The van der Waals surface area contributed by atoms with Crippen molar-refractivity contribution in [3.63, 3.8) is 0 Å². The van der Waals surface area contributed by atoms with Crippen molar-refractivity contribution in [3.8, 4) is 0 Å². The van der Waals surface area contributed by atoms with Gasteiger partial charge in [0.05, 0.1) is 29.3 Å². The molecule has 2 unspecified atom stereocenters. The Kier molecular flexibility index (Phi) is 4.61. The second kappa shape index (κ2) is 6.06. The Balaban J connectivity index is 2.31. The van der Waals surface area contributed by atoms with E-state index in [4.69, 9.17) is 18.8 Å². The second-order valence-corrected chi connectivity index (χ2v) is 5.22. The molecule has 1 aliphatic rings. The number of rotatable bonds is 5. The van der Waals surface area contributed by atoms with E-state index in [0.29, 0.717) is 5.56 Å². The van der Waals surface area contributed by atoms with Gasteiger partial charge in [0, 0.05) is 6.07 Å². The molecule has 1 heterocycles. The van der Waals surface area contributed by atoms with Gasteiger partial charge in [-0.25, -0.2) is 0 Å². The van der Waals surface area contributed by atoms with Gasteiger partial charge >= 0.3 is 0 Å². The fourth-order valence-corrected chi connectivity index (χ4v) is 2.43. The molecule has 0 spiro atoms. The topological polar surface area (TPSA) is 96.9 Å². The number of hydrogen-bond donors (Lipinski definition) is 1. The summed E-state index contributed by atoms with van der Waals surface area (Å²) in [5.74, 6) is -0.832. The summed E-state index contributed by atoms with van der Waals surface area (Å²) in [6, 6.07) is 6.45. The highest BCUT2D eigenvalue weighted by Gasteiger charge is 2.44. The van der Waals surface area contributed by atoms with Crippen molar-refractivity contribution < 1.29 is 18.6 Å². The highest BCUT2D eigenvalue weighted by atomic mass is 32.2. The molecule has 8 heteroatoms. The number of para-hydroxylation sites is 1. The molecule has 2 atom stereocenters. The van der Waals surface area contributed by atoms with Gasteiger partial charge in [-0.3, -0.25) is 19.4 Å². The van der Waals surface area contributed by atoms with Crippen molar-refractivity contribution >= 4 is 17.9 Å². The van der Waals surface area contributed by atoms with Gasteiger partial charge < -0.3 is 9.47 Å². The highest BCUT2D eigenvalue weighted by molar-refractivity contribution is 7.92. The Morgan fingerprint density at radius 2 is 2.15 bits per heavy atom. The van der Waals surface area contributed by atoms with Crippen molar-refractivity contribution in [2.24, 2.45) is 5.14 Å². The van der Waals surface area contributed by atoms with Gasteiger partial charge in [0.1, 0.15) is 12.2 Å². The lowest BCUT2D eigenvalue weighted by Crippen LogP contribution is -2.24. The number of nitro benzene ring substituents is 1. The monoisotopic (exact) mass is 300 g/mol. The molecule has 20 heavy (non-hydrogen) atoms. The molecule has 0 amide bonds. The quantitative estimate of drug-likeness (QED) is 0.386. The summed E-state index contributed by atoms with van der Waals surface area (Å²) in [6.45, 7) is 3.69. The van der Waals surface area contributed by atoms with Gasteiger partial charge in [-0.15, -0.1) is 0 Å². The van der Waals surface area contributed by atoms with Crippen LogP contribution in [0.25, 0.3) is 0 Å². The number of nitrogens with zero attached hydrogens (tertiary/aromatic N) is 1. The molecule has 110 valence electrons. The lowest BCUT2D eigenvalue weighted by Gasteiger charge is -2.16. The fourth-order valence-electron chi connectivity index (χ4n) is 2.22. The van der Waals surface area contributed by atoms with Crippen LogP contribution in [-0.2, 0) is 13.7 Å². The van der Waals surface area contributed by atoms with Gasteiger partial charge in [-0.05, 0) is 19.9 Å². The molecule has 1 saturated heterocycles. The number of hydrogen-bond acceptors (Lipinski definition) is 7. The molecule has 2 rings (SSSR count). The maximum Gasteiger partial charge on any atom is 0.275 e. The number of nitro groups is 1. The first-order valence-corrected chi connectivity index (χ1v) is 6.82. The van der Waals surface area contributed by atoms with Gasteiger partial charge in [-0.1, -0.05) is 12.1 Å². The molecule has 2 N–H and O–H groups in total. The molecule has 1 aliphatic heterocycles. The van der Waals surface area contributed by atoms with Crippen molar-refractivity contribution in [2.75, 3.05) is 6.61 Å². The van der Waals surface area contributed by atoms with Gasteiger partial charge in [0.15, 0.2) is 5.79 Å². The SMILES string of the molecule is CC1(C)OC(COSN)C(c2ccccc2[N+](=O)[O-])O1. The zero-order valence-electron chi connectivity index (χ0n) is 11.1. The van der Waals surface area contributed by atoms with E-state index in [0.717, 1.165) is 12.2 Å². The van der Waals surface area contributed by atoms with E-state index in [1.54, 1.807) is 32.0 Å². The van der Waals surface area contributed by atoms with Crippen LogP contribution < -0.4 is 5.14 Å². The lowest BCUT2D eigenvalue weighted by atomic mass is 10.0. The second-order valence-electron chi connectivity index (χ2n) is 4.79. The minimum Gasteiger partial charge on any atom is -0.342 e. The Labute approximate surface area is 120 Å². The van der Waals surface area contributed by atoms with Crippen LogP contribution in [-0.4, -0.2) is 23.4 Å². The average molecular weight is 300 g/mol. The van der Waals surface area contributed by atoms with Crippen molar-refractivity contribution in [3.05, 3.63) is 39.9 Å². The molecular formula is C12H16N2O5S. The summed E-state index contributed by atoms with van der Waals surface area (Å²) in [5, 5.41) is 16.3. The number of nitrogens with two attached hydrogens (primary N) is 1. The van der Waals surface area contributed by atoms with E-state index in [9.17, 15) is 10.1 Å². The molecule has 1 aromatic rings. The summed E-state index contributed by atoms with van der Waals surface area (Å²) in [4.78, 5) is 10.7. The average Bonchev–Trinajstić information content (AvgIpc) is 2.71. The molecule has 0 aliphatic carbocycles. The summed E-state index contributed by atoms with van der Waals surface area (Å²) in [7, 11) is 0. The summed E-state index contributed by atoms with van der Waals surface area (Å²) < 4.78 is 16.6. The predicted molar refractivity (Wildman–Crippen MR) is 73.6 cm³/mol. The number of benzene rings is 1. The molecule has 7 nitrogen and oxygen atoms in total. The van der Waals surface area contributed by atoms with Crippen LogP contribution in [0, 0.1) is 10.1 Å². The zero-order chi connectivity index (χ0) is 14.8. The maximum atomic E-state index is 11.1. The lowest BCUT2D eigenvalue weighted by molar-refractivity contribution is -0.386. The van der Waals surface area contributed by atoms with E-state index >= 15 is 0 Å². The van der Waals surface area contributed by atoms with Gasteiger partial charge in [-0.2, -0.15) is 0 Å². The first-order valence-electron chi connectivity index (χ1n) is 6.02. The minimum absolute atomic E-state index is 0.00389.